The maximum Gasteiger partial charge on any atom is 0.306 e. The molecule has 0 spiro atoms. The smallest absolute Gasteiger partial charge is 0.306 e. The molecule has 1 atom stereocenters. The molecule has 1 saturated heterocycles. The molecule has 24 heavy (non-hydrogen) atoms. The summed E-state index contributed by atoms with van der Waals surface area (Å²) in [6.07, 6.45) is 0.449. The lowest BCUT2D eigenvalue weighted by atomic mass is 10.1. The summed E-state index contributed by atoms with van der Waals surface area (Å²) in [5, 5.41) is -0.582. The number of sulfone groups is 1. The average Bonchev–Trinajstić information content (AvgIpc) is 2.72. The zero-order valence-electron chi connectivity index (χ0n) is 13.8. The highest BCUT2D eigenvalue weighted by Gasteiger charge is 2.32. The molecule has 6 nitrogen and oxygen atoms in total. The van der Waals surface area contributed by atoms with Crippen molar-refractivity contribution in [1.29, 1.82) is 0 Å². The van der Waals surface area contributed by atoms with Gasteiger partial charge >= 0.3 is 5.97 Å². The van der Waals surface area contributed by atoms with Gasteiger partial charge in [-0.2, -0.15) is 0 Å². The third kappa shape index (κ3) is 4.80. The Bertz CT molecular complexity index is 671. The number of ether oxygens (including phenoxy) is 1. The normalized spacial score (nSPS) is 20.2. The van der Waals surface area contributed by atoms with Gasteiger partial charge in [0.2, 0.25) is 5.91 Å². The van der Waals surface area contributed by atoms with Gasteiger partial charge in [-0.05, 0) is 18.9 Å². The molecule has 1 amide bonds. The minimum Gasteiger partial charge on any atom is -0.466 e. The zero-order chi connectivity index (χ0) is 17.6. The molecule has 0 aromatic heterocycles. The lowest BCUT2D eigenvalue weighted by Gasteiger charge is -2.19. The van der Waals surface area contributed by atoms with Crippen molar-refractivity contribution in [2.45, 2.75) is 31.4 Å². The van der Waals surface area contributed by atoms with E-state index in [0.29, 0.717) is 13.0 Å². The molecule has 132 valence electrons. The molecule has 1 aliphatic rings. The quantitative estimate of drug-likeness (QED) is 0.753. The van der Waals surface area contributed by atoms with E-state index in [1.807, 2.05) is 18.2 Å². The summed E-state index contributed by atoms with van der Waals surface area (Å²) in [6.45, 7) is 2.55. The van der Waals surface area contributed by atoms with Crippen LogP contribution in [0.3, 0.4) is 0 Å². The third-order valence-electron chi connectivity index (χ3n) is 4.11. The van der Waals surface area contributed by atoms with Crippen LogP contribution < -0.4 is 0 Å². The van der Waals surface area contributed by atoms with E-state index >= 15 is 0 Å². The summed E-state index contributed by atoms with van der Waals surface area (Å²) in [7, 11) is -3.30. The van der Waals surface area contributed by atoms with E-state index in [1.54, 1.807) is 24.0 Å². The van der Waals surface area contributed by atoms with Gasteiger partial charge in [0.1, 0.15) is 0 Å². The summed E-state index contributed by atoms with van der Waals surface area (Å²) in [5.74, 6) is -0.667. The number of rotatable bonds is 5. The van der Waals surface area contributed by atoms with Crippen LogP contribution in [0.15, 0.2) is 30.3 Å². The van der Waals surface area contributed by atoms with Crippen LogP contribution in [0.2, 0.25) is 0 Å². The Hall–Kier alpha value is -1.89. The summed E-state index contributed by atoms with van der Waals surface area (Å²) < 4.78 is 29.8. The van der Waals surface area contributed by atoms with E-state index in [-0.39, 0.29) is 37.7 Å². The van der Waals surface area contributed by atoms with Crippen LogP contribution in [0.1, 0.15) is 37.0 Å². The first-order chi connectivity index (χ1) is 11.4. The molecule has 1 fully saturated rings. The largest absolute Gasteiger partial charge is 0.466 e. The number of nitrogens with zero attached hydrogens (tertiary/aromatic N) is 1. The van der Waals surface area contributed by atoms with Crippen LogP contribution in [-0.2, 0) is 24.2 Å². The molecule has 1 heterocycles. The van der Waals surface area contributed by atoms with Crippen LogP contribution in [0.25, 0.3) is 0 Å². The summed E-state index contributed by atoms with van der Waals surface area (Å²) in [4.78, 5) is 25.1. The predicted octanol–water partition coefficient (Wildman–Crippen LogP) is 1.72. The van der Waals surface area contributed by atoms with Crippen molar-refractivity contribution in [2.24, 2.45) is 0 Å². The topological polar surface area (TPSA) is 80.8 Å². The monoisotopic (exact) mass is 353 g/mol. The molecule has 0 saturated carbocycles. The van der Waals surface area contributed by atoms with Crippen LogP contribution in [0.4, 0.5) is 0 Å². The molecule has 2 rings (SSSR count). The molecule has 0 unspecified atom stereocenters. The van der Waals surface area contributed by atoms with E-state index in [4.69, 9.17) is 4.74 Å². The summed E-state index contributed by atoms with van der Waals surface area (Å²) in [6, 6.07) is 9.09. The molecule has 0 aliphatic carbocycles. The highest BCUT2D eigenvalue weighted by atomic mass is 32.2. The zero-order valence-corrected chi connectivity index (χ0v) is 14.6. The molecule has 1 aromatic rings. The van der Waals surface area contributed by atoms with Crippen molar-refractivity contribution in [3.05, 3.63) is 35.9 Å². The Balaban J connectivity index is 2.00. The first kappa shape index (κ1) is 18.4. The van der Waals surface area contributed by atoms with E-state index in [0.717, 1.165) is 5.56 Å². The van der Waals surface area contributed by atoms with Crippen molar-refractivity contribution < 1.29 is 22.7 Å². The van der Waals surface area contributed by atoms with Gasteiger partial charge in [0, 0.05) is 19.5 Å². The van der Waals surface area contributed by atoms with Gasteiger partial charge in [-0.3, -0.25) is 9.59 Å². The van der Waals surface area contributed by atoms with Crippen molar-refractivity contribution in [2.75, 3.05) is 25.4 Å². The van der Waals surface area contributed by atoms with Crippen molar-refractivity contribution in [3.63, 3.8) is 0 Å². The van der Waals surface area contributed by atoms with Gasteiger partial charge in [-0.15, -0.1) is 0 Å². The fourth-order valence-corrected chi connectivity index (χ4v) is 4.63. The number of amides is 1. The Labute approximate surface area is 142 Å². The van der Waals surface area contributed by atoms with Gasteiger partial charge < -0.3 is 9.64 Å². The summed E-state index contributed by atoms with van der Waals surface area (Å²) in [5.41, 5.74) is 0.762. The van der Waals surface area contributed by atoms with Gasteiger partial charge in [0.15, 0.2) is 9.84 Å². The van der Waals surface area contributed by atoms with Crippen LogP contribution in [0.5, 0.6) is 0 Å². The number of hydrogen-bond acceptors (Lipinski definition) is 5. The molecule has 0 bridgehead atoms. The standard InChI is InChI=1S/C17H23NO5S/c1-2-23-17(20)9-8-16(19)18-11-10-15(24(21,22)13-12-18)14-6-4-3-5-7-14/h3-7,15H,2,8-13H2,1H3/t15-/m0/s1. The summed E-state index contributed by atoms with van der Waals surface area (Å²) >= 11 is 0. The second-order valence-electron chi connectivity index (χ2n) is 5.74. The number of carbonyl (C=O) groups excluding carboxylic acids is 2. The Morgan fingerprint density at radius 2 is 1.88 bits per heavy atom. The Kier molecular flexibility index (Phi) is 6.36. The van der Waals surface area contributed by atoms with Crippen molar-refractivity contribution in [1.82, 2.24) is 4.90 Å². The number of carbonyl (C=O) groups is 2. The van der Waals surface area contributed by atoms with Gasteiger partial charge in [0.25, 0.3) is 0 Å². The SMILES string of the molecule is CCOC(=O)CCC(=O)N1CC[C@@H](c2ccccc2)S(=O)(=O)CC1. The third-order valence-corrected chi connectivity index (χ3v) is 6.24. The number of esters is 1. The second kappa shape index (κ2) is 8.28. The predicted molar refractivity (Wildman–Crippen MR) is 90.0 cm³/mol. The van der Waals surface area contributed by atoms with Crippen molar-refractivity contribution >= 4 is 21.7 Å². The van der Waals surface area contributed by atoms with E-state index in [2.05, 4.69) is 0 Å². The minimum atomic E-state index is -3.30. The van der Waals surface area contributed by atoms with Crippen LogP contribution in [0, 0.1) is 0 Å². The van der Waals surface area contributed by atoms with E-state index < -0.39 is 21.1 Å². The molecule has 1 aliphatic heterocycles. The van der Waals surface area contributed by atoms with Gasteiger partial charge in [0.05, 0.1) is 24.0 Å². The molecule has 0 N–H and O–H groups in total. The fraction of sp³-hybridized carbons (Fsp3) is 0.529. The highest BCUT2D eigenvalue weighted by Crippen LogP contribution is 2.29. The first-order valence-corrected chi connectivity index (χ1v) is 9.85. The number of hydrogen-bond donors (Lipinski definition) is 0. The van der Waals surface area contributed by atoms with Crippen LogP contribution in [-0.4, -0.2) is 50.6 Å². The molecular formula is C17H23NO5S. The number of benzene rings is 1. The maximum absolute atomic E-state index is 12.5. The van der Waals surface area contributed by atoms with Gasteiger partial charge in [-0.25, -0.2) is 8.42 Å². The van der Waals surface area contributed by atoms with E-state index in [9.17, 15) is 18.0 Å². The Morgan fingerprint density at radius 1 is 1.17 bits per heavy atom. The van der Waals surface area contributed by atoms with Crippen LogP contribution >= 0.6 is 0 Å². The highest BCUT2D eigenvalue weighted by molar-refractivity contribution is 7.91. The second-order valence-corrected chi connectivity index (χ2v) is 8.04. The molecular weight excluding hydrogens is 330 g/mol. The fourth-order valence-electron chi connectivity index (χ4n) is 2.84. The molecule has 1 aromatic carbocycles. The van der Waals surface area contributed by atoms with E-state index in [1.165, 1.54) is 0 Å². The van der Waals surface area contributed by atoms with Gasteiger partial charge in [-0.1, -0.05) is 30.3 Å². The first-order valence-electron chi connectivity index (χ1n) is 8.14. The minimum absolute atomic E-state index is 0.0258. The maximum atomic E-state index is 12.5. The lowest BCUT2D eigenvalue weighted by Crippen LogP contribution is -2.33. The molecule has 7 heteroatoms. The Morgan fingerprint density at radius 3 is 2.54 bits per heavy atom. The molecule has 0 radical (unpaired) electrons. The average molecular weight is 353 g/mol. The lowest BCUT2D eigenvalue weighted by molar-refractivity contribution is -0.145. The van der Waals surface area contributed by atoms with Crippen molar-refractivity contribution in [3.8, 4) is 0 Å².